The summed E-state index contributed by atoms with van der Waals surface area (Å²) in [6.07, 6.45) is 4.74. The van der Waals surface area contributed by atoms with Crippen LogP contribution in [0.2, 0.25) is 0 Å². The summed E-state index contributed by atoms with van der Waals surface area (Å²) < 4.78 is 11.7. The largest absolute Gasteiger partial charge is 0.447 e. The third kappa shape index (κ3) is 4.31. The number of aromatic nitrogens is 4. The number of carbonyl (C=O) groups is 1. The van der Waals surface area contributed by atoms with Gasteiger partial charge in [0.05, 0.1) is 6.20 Å². The van der Waals surface area contributed by atoms with Crippen LogP contribution < -0.4 is 5.32 Å². The van der Waals surface area contributed by atoms with E-state index in [1.54, 1.807) is 24.1 Å². The summed E-state index contributed by atoms with van der Waals surface area (Å²) in [6.45, 7) is 6.03. The molecule has 0 saturated carbocycles. The zero-order chi connectivity index (χ0) is 16.1. The van der Waals surface area contributed by atoms with E-state index in [4.69, 9.17) is 9.26 Å². The molecule has 8 nitrogen and oxygen atoms in total. The smallest absolute Gasteiger partial charge is 0.408 e. The van der Waals surface area contributed by atoms with E-state index >= 15 is 0 Å². The van der Waals surface area contributed by atoms with E-state index in [9.17, 15) is 4.79 Å². The fourth-order valence-electron chi connectivity index (χ4n) is 2.24. The quantitative estimate of drug-likeness (QED) is 0.877. The van der Waals surface area contributed by atoms with E-state index in [2.05, 4.69) is 34.4 Å². The van der Waals surface area contributed by atoms with Gasteiger partial charge in [-0.3, -0.25) is 4.68 Å². The van der Waals surface area contributed by atoms with Crippen LogP contribution in [0, 0.1) is 5.92 Å². The Bertz CT molecular complexity index is 593. The fraction of sp³-hybridized carbons (Fsp3) is 0.571. The maximum atomic E-state index is 12.1. The standard InChI is InChI=1S/C14H21N5O3/c1-9(2)5-10(3)22-14(20)17-12(13-15-8-21-18-13)11-6-16-19(4)7-11/h6-10,12H,5H2,1-4H3,(H,17,20). The predicted octanol–water partition coefficient (Wildman–Crippen LogP) is 2.05. The molecule has 0 fully saturated rings. The first-order valence-corrected chi connectivity index (χ1v) is 7.17. The van der Waals surface area contributed by atoms with Gasteiger partial charge in [0.1, 0.15) is 12.1 Å². The van der Waals surface area contributed by atoms with Crippen molar-refractivity contribution in [2.24, 2.45) is 13.0 Å². The third-order valence-electron chi connectivity index (χ3n) is 3.07. The number of ether oxygens (including phenoxy) is 1. The molecule has 8 heteroatoms. The average Bonchev–Trinajstić information content (AvgIpc) is 3.06. The highest BCUT2D eigenvalue weighted by Gasteiger charge is 2.24. The second-order valence-corrected chi connectivity index (χ2v) is 5.66. The lowest BCUT2D eigenvalue weighted by Gasteiger charge is -2.18. The highest BCUT2D eigenvalue weighted by atomic mass is 16.6. The lowest BCUT2D eigenvalue weighted by Crippen LogP contribution is -2.33. The van der Waals surface area contributed by atoms with E-state index in [1.807, 2.05) is 6.92 Å². The van der Waals surface area contributed by atoms with Crippen LogP contribution in [0.1, 0.15) is 44.6 Å². The Kier molecular flexibility index (Phi) is 5.13. The van der Waals surface area contributed by atoms with E-state index in [0.29, 0.717) is 11.7 Å². The van der Waals surface area contributed by atoms with Gasteiger partial charge in [-0.05, 0) is 19.3 Å². The Hall–Kier alpha value is -2.38. The van der Waals surface area contributed by atoms with Crippen molar-refractivity contribution in [2.45, 2.75) is 39.3 Å². The van der Waals surface area contributed by atoms with Crippen LogP contribution in [0.3, 0.4) is 0 Å². The predicted molar refractivity (Wildman–Crippen MR) is 77.9 cm³/mol. The molecule has 0 aromatic carbocycles. The molecule has 1 amide bonds. The first-order valence-electron chi connectivity index (χ1n) is 7.17. The van der Waals surface area contributed by atoms with Crippen LogP contribution in [-0.4, -0.2) is 32.1 Å². The first kappa shape index (κ1) is 16.0. The van der Waals surface area contributed by atoms with Gasteiger partial charge in [0.15, 0.2) is 5.82 Å². The molecule has 0 saturated heterocycles. The number of aryl methyl sites for hydroxylation is 1. The second kappa shape index (κ2) is 7.06. The summed E-state index contributed by atoms with van der Waals surface area (Å²) in [6, 6.07) is -0.564. The highest BCUT2D eigenvalue weighted by Crippen LogP contribution is 2.18. The summed E-state index contributed by atoms with van der Waals surface area (Å²) in [5, 5.41) is 10.6. The summed E-state index contributed by atoms with van der Waals surface area (Å²) in [5.74, 6) is 0.801. The minimum absolute atomic E-state index is 0.167. The van der Waals surface area contributed by atoms with Crippen LogP contribution in [0.5, 0.6) is 0 Å². The van der Waals surface area contributed by atoms with Crippen molar-refractivity contribution in [1.29, 1.82) is 0 Å². The minimum Gasteiger partial charge on any atom is -0.447 e. The lowest BCUT2D eigenvalue weighted by atomic mass is 10.1. The van der Waals surface area contributed by atoms with Gasteiger partial charge in [-0.2, -0.15) is 10.1 Å². The van der Waals surface area contributed by atoms with Gasteiger partial charge in [-0.1, -0.05) is 19.0 Å². The fourth-order valence-corrected chi connectivity index (χ4v) is 2.24. The zero-order valence-corrected chi connectivity index (χ0v) is 13.2. The van der Waals surface area contributed by atoms with Gasteiger partial charge < -0.3 is 14.6 Å². The second-order valence-electron chi connectivity index (χ2n) is 5.66. The molecule has 2 atom stereocenters. The van der Waals surface area contributed by atoms with E-state index in [1.165, 1.54) is 6.39 Å². The Morgan fingerprint density at radius 1 is 1.45 bits per heavy atom. The third-order valence-corrected chi connectivity index (χ3v) is 3.07. The van der Waals surface area contributed by atoms with E-state index in [0.717, 1.165) is 12.0 Å². The van der Waals surface area contributed by atoms with Gasteiger partial charge in [0.25, 0.3) is 0 Å². The van der Waals surface area contributed by atoms with Crippen LogP contribution in [0.25, 0.3) is 0 Å². The maximum absolute atomic E-state index is 12.1. The number of rotatable bonds is 6. The molecule has 1 N–H and O–H groups in total. The molecule has 0 bridgehead atoms. The van der Waals surface area contributed by atoms with Crippen LogP contribution in [-0.2, 0) is 11.8 Å². The summed E-state index contributed by atoms with van der Waals surface area (Å²) in [7, 11) is 1.79. The highest BCUT2D eigenvalue weighted by molar-refractivity contribution is 5.68. The molecule has 0 spiro atoms. The average molecular weight is 307 g/mol. The van der Waals surface area contributed by atoms with Gasteiger partial charge >= 0.3 is 6.09 Å². The monoisotopic (exact) mass is 307 g/mol. The maximum Gasteiger partial charge on any atom is 0.408 e. The number of nitrogens with zero attached hydrogens (tertiary/aromatic N) is 4. The minimum atomic E-state index is -0.564. The zero-order valence-electron chi connectivity index (χ0n) is 13.2. The van der Waals surface area contributed by atoms with Crippen LogP contribution in [0.15, 0.2) is 23.3 Å². The molecular formula is C14H21N5O3. The SMILES string of the molecule is CC(C)CC(C)OC(=O)NC(c1cnn(C)c1)c1ncon1. The number of nitrogens with one attached hydrogen (secondary N) is 1. The van der Waals surface area contributed by atoms with Crippen molar-refractivity contribution in [3.8, 4) is 0 Å². The van der Waals surface area contributed by atoms with Crippen LogP contribution >= 0.6 is 0 Å². The molecule has 120 valence electrons. The molecule has 0 aliphatic heterocycles. The molecule has 0 aliphatic rings. The number of hydrogen-bond donors (Lipinski definition) is 1. The van der Waals surface area contributed by atoms with E-state index < -0.39 is 12.1 Å². The molecule has 0 radical (unpaired) electrons. The van der Waals surface area contributed by atoms with Crippen molar-refractivity contribution < 1.29 is 14.1 Å². The molecule has 22 heavy (non-hydrogen) atoms. The molecule has 2 aromatic rings. The summed E-state index contributed by atoms with van der Waals surface area (Å²) in [5.41, 5.74) is 0.748. The van der Waals surface area contributed by atoms with Crippen molar-refractivity contribution >= 4 is 6.09 Å². The molecule has 2 unspecified atom stereocenters. The normalized spacial score (nSPS) is 13.9. The van der Waals surface area contributed by atoms with Gasteiger partial charge in [0, 0.05) is 18.8 Å². The first-order chi connectivity index (χ1) is 10.5. The Labute approximate surface area is 128 Å². The molecule has 2 aromatic heterocycles. The Morgan fingerprint density at radius 3 is 2.77 bits per heavy atom. The molecule has 2 rings (SSSR count). The topological polar surface area (TPSA) is 95.1 Å². The lowest BCUT2D eigenvalue weighted by molar-refractivity contribution is 0.0932. The molecule has 2 heterocycles. The van der Waals surface area contributed by atoms with E-state index in [-0.39, 0.29) is 6.10 Å². The number of alkyl carbamates (subject to hydrolysis) is 1. The molecular weight excluding hydrogens is 286 g/mol. The van der Waals surface area contributed by atoms with Gasteiger partial charge in [0.2, 0.25) is 6.39 Å². The Morgan fingerprint density at radius 2 is 2.23 bits per heavy atom. The van der Waals surface area contributed by atoms with Crippen molar-refractivity contribution in [2.75, 3.05) is 0 Å². The summed E-state index contributed by atoms with van der Waals surface area (Å²) >= 11 is 0. The number of carbonyl (C=O) groups excluding carboxylic acids is 1. The van der Waals surface area contributed by atoms with Crippen molar-refractivity contribution in [3.63, 3.8) is 0 Å². The van der Waals surface area contributed by atoms with Gasteiger partial charge in [-0.15, -0.1) is 0 Å². The number of amides is 1. The molecule has 0 aliphatic carbocycles. The number of hydrogen-bond acceptors (Lipinski definition) is 6. The van der Waals surface area contributed by atoms with Gasteiger partial charge in [-0.25, -0.2) is 4.79 Å². The summed E-state index contributed by atoms with van der Waals surface area (Å²) in [4.78, 5) is 16.1. The van der Waals surface area contributed by atoms with Crippen LogP contribution in [0.4, 0.5) is 4.79 Å². The van der Waals surface area contributed by atoms with Crippen molar-refractivity contribution in [1.82, 2.24) is 25.2 Å². The van der Waals surface area contributed by atoms with Crippen molar-refractivity contribution in [3.05, 3.63) is 30.2 Å². The Balaban J connectivity index is 2.06.